The van der Waals surface area contributed by atoms with Crippen molar-refractivity contribution in [3.8, 4) is 11.5 Å². The number of methoxy groups -OCH3 is 1. The molecule has 0 spiro atoms. The monoisotopic (exact) mass is 407 g/mol. The van der Waals surface area contributed by atoms with E-state index in [-0.39, 0.29) is 5.75 Å². The van der Waals surface area contributed by atoms with Gasteiger partial charge in [-0.2, -0.15) is 5.10 Å². The molecule has 0 fully saturated rings. The number of hydrazone groups is 1. The Hall–Kier alpha value is -2.12. The molecule has 126 valence electrons. The van der Waals surface area contributed by atoms with E-state index in [1.54, 1.807) is 18.3 Å². The summed E-state index contributed by atoms with van der Waals surface area (Å²) in [6, 6.07) is 9.50. The van der Waals surface area contributed by atoms with Gasteiger partial charge in [-0.25, -0.2) is 0 Å². The molecule has 2 aromatic rings. The minimum atomic E-state index is 0.0507. The van der Waals surface area contributed by atoms with E-state index in [4.69, 9.17) is 17.0 Å². The number of thiocarbonyl (C=S) groups is 1. The van der Waals surface area contributed by atoms with Crippen molar-refractivity contribution < 1.29 is 9.84 Å². The number of nitrogens with one attached hydrogen (secondary N) is 2. The Morgan fingerprint density at radius 3 is 2.75 bits per heavy atom. The number of hydrogen-bond donors (Lipinski definition) is 3. The molecule has 2 rings (SSSR count). The lowest BCUT2D eigenvalue weighted by Crippen LogP contribution is -2.24. The molecule has 0 saturated heterocycles. The van der Waals surface area contributed by atoms with E-state index in [0.29, 0.717) is 15.3 Å². The van der Waals surface area contributed by atoms with Crippen LogP contribution >= 0.6 is 28.1 Å². The quantitative estimate of drug-likeness (QED) is 0.404. The van der Waals surface area contributed by atoms with E-state index in [1.807, 2.05) is 32.0 Å². The highest BCUT2D eigenvalue weighted by atomic mass is 79.9. The highest BCUT2D eigenvalue weighted by molar-refractivity contribution is 9.10. The van der Waals surface area contributed by atoms with E-state index in [9.17, 15) is 5.11 Å². The maximum atomic E-state index is 9.79. The molecular weight excluding hydrogens is 390 g/mol. The van der Waals surface area contributed by atoms with Crippen molar-refractivity contribution in [1.82, 2.24) is 5.43 Å². The number of aryl methyl sites for hydroxylation is 2. The van der Waals surface area contributed by atoms with Crippen LogP contribution in [0.25, 0.3) is 0 Å². The predicted molar refractivity (Wildman–Crippen MR) is 105 cm³/mol. The lowest BCUT2D eigenvalue weighted by Gasteiger charge is -2.10. The third-order valence-corrected chi connectivity index (χ3v) is 4.09. The standard InChI is InChI=1S/C17H18BrN3O2S/c1-10-4-5-11(2)14(6-10)20-17(24)21-19-9-12-7-13(18)16(22)15(8-12)23-3/h4-9,22H,1-3H3,(H2,20,21,24)/b19-9+. The average molecular weight is 408 g/mol. The third kappa shape index (κ3) is 4.69. The van der Waals surface area contributed by atoms with Gasteiger partial charge in [0.05, 0.1) is 17.8 Å². The van der Waals surface area contributed by atoms with Crippen molar-refractivity contribution in [2.24, 2.45) is 5.10 Å². The lowest BCUT2D eigenvalue weighted by atomic mass is 10.1. The summed E-state index contributed by atoms with van der Waals surface area (Å²) in [7, 11) is 1.49. The highest BCUT2D eigenvalue weighted by Gasteiger charge is 2.07. The second-order valence-electron chi connectivity index (χ2n) is 5.20. The summed E-state index contributed by atoms with van der Waals surface area (Å²) < 4.78 is 5.62. The van der Waals surface area contributed by atoms with Gasteiger partial charge in [0.15, 0.2) is 16.6 Å². The Balaban J connectivity index is 2.02. The predicted octanol–water partition coefficient (Wildman–Crippen LogP) is 4.10. The third-order valence-electron chi connectivity index (χ3n) is 3.29. The van der Waals surface area contributed by atoms with Gasteiger partial charge in [-0.3, -0.25) is 5.43 Å². The van der Waals surface area contributed by atoms with Crippen LogP contribution in [0.3, 0.4) is 0 Å². The Morgan fingerprint density at radius 2 is 2.04 bits per heavy atom. The summed E-state index contributed by atoms with van der Waals surface area (Å²) in [5.74, 6) is 0.414. The second-order valence-corrected chi connectivity index (χ2v) is 6.46. The number of aromatic hydroxyl groups is 1. The molecule has 0 heterocycles. The lowest BCUT2D eigenvalue weighted by molar-refractivity contribution is 0.372. The van der Waals surface area contributed by atoms with Crippen LogP contribution in [0.5, 0.6) is 11.5 Å². The van der Waals surface area contributed by atoms with E-state index < -0.39 is 0 Å². The van der Waals surface area contributed by atoms with Crippen LogP contribution in [0.4, 0.5) is 5.69 Å². The van der Waals surface area contributed by atoms with Gasteiger partial charge in [-0.05, 0) is 76.9 Å². The van der Waals surface area contributed by atoms with Crippen molar-refractivity contribution in [3.05, 3.63) is 51.5 Å². The van der Waals surface area contributed by atoms with Gasteiger partial charge < -0.3 is 15.2 Å². The molecule has 0 unspecified atom stereocenters. The minimum absolute atomic E-state index is 0.0507. The van der Waals surface area contributed by atoms with Gasteiger partial charge >= 0.3 is 0 Å². The average Bonchev–Trinajstić information content (AvgIpc) is 2.54. The van der Waals surface area contributed by atoms with Gasteiger partial charge in [0, 0.05) is 5.69 Å². The van der Waals surface area contributed by atoms with Gasteiger partial charge in [0.1, 0.15) is 0 Å². The second kappa shape index (κ2) is 8.12. The van der Waals surface area contributed by atoms with Gasteiger partial charge in [-0.15, -0.1) is 0 Å². The number of rotatable bonds is 4. The van der Waals surface area contributed by atoms with Crippen LogP contribution in [0.2, 0.25) is 0 Å². The molecule has 0 radical (unpaired) electrons. The summed E-state index contributed by atoms with van der Waals surface area (Å²) in [6.45, 7) is 4.03. The van der Waals surface area contributed by atoms with Crippen molar-refractivity contribution in [1.29, 1.82) is 0 Å². The number of halogens is 1. The molecule has 0 aliphatic rings. The molecule has 3 N–H and O–H groups in total. The van der Waals surface area contributed by atoms with E-state index >= 15 is 0 Å². The zero-order valence-electron chi connectivity index (χ0n) is 13.6. The molecular formula is C17H18BrN3O2S. The first kappa shape index (κ1) is 18.2. The molecule has 0 saturated carbocycles. The van der Waals surface area contributed by atoms with Crippen LogP contribution < -0.4 is 15.5 Å². The van der Waals surface area contributed by atoms with Crippen LogP contribution in [0.15, 0.2) is 39.9 Å². The van der Waals surface area contributed by atoms with E-state index in [1.165, 1.54) is 7.11 Å². The fraction of sp³-hybridized carbons (Fsp3) is 0.176. The number of anilines is 1. The normalized spacial score (nSPS) is 10.7. The molecule has 5 nitrogen and oxygen atoms in total. The Bertz CT molecular complexity index is 794. The number of ether oxygens (including phenoxy) is 1. The first-order chi connectivity index (χ1) is 11.4. The van der Waals surface area contributed by atoms with Crippen LogP contribution in [0.1, 0.15) is 16.7 Å². The SMILES string of the molecule is COc1cc(/C=N/NC(=S)Nc2cc(C)ccc2C)cc(Br)c1O. The van der Waals surface area contributed by atoms with Gasteiger partial charge in [0.25, 0.3) is 0 Å². The number of nitrogens with zero attached hydrogens (tertiary/aromatic N) is 1. The van der Waals surface area contributed by atoms with Crippen molar-refractivity contribution in [2.45, 2.75) is 13.8 Å². The summed E-state index contributed by atoms with van der Waals surface area (Å²) in [6.07, 6.45) is 1.59. The summed E-state index contributed by atoms with van der Waals surface area (Å²) in [5, 5.41) is 17.4. The number of benzene rings is 2. The van der Waals surface area contributed by atoms with Gasteiger partial charge in [-0.1, -0.05) is 12.1 Å². The Morgan fingerprint density at radius 1 is 1.29 bits per heavy atom. The fourth-order valence-corrected chi connectivity index (χ4v) is 2.63. The molecule has 0 aliphatic carbocycles. The first-order valence-electron chi connectivity index (χ1n) is 7.14. The molecule has 24 heavy (non-hydrogen) atoms. The first-order valence-corrected chi connectivity index (χ1v) is 8.34. The Kier molecular flexibility index (Phi) is 6.16. The number of phenols is 1. The molecule has 0 aromatic heterocycles. The van der Waals surface area contributed by atoms with Crippen LogP contribution in [-0.4, -0.2) is 23.5 Å². The van der Waals surface area contributed by atoms with E-state index in [0.717, 1.165) is 22.4 Å². The van der Waals surface area contributed by atoms with Crippen LogP contribution in [0, 0.1) is 13.8 Å². The molecule has 2 aromatic carbocycles. The maximum absolute atomic E-state index is 9.79. The largest absolute Gasteiger partial charge is 0.503 e. The van der Waals surface area contributed by atoms with Crippen LogP contribution in [-0.2, 0) is 0 Å². The zero-order valence-corrected chi connectivity index (χ0v) is 16.0. The maximum Gasteiger partial charge on any atom is 0.191 e. The van der Waals surface area contributed by atoms with Gasteiger partial charge in [0.2, 0.25) is 0 Å². The topological polar surface area (TPSA) is 65.9 Å². The molecule has 0 bridgehead atoms. The number of hydrogen-bond acceptors (Lipinski definition) is 4. The molecule has 7 heteroatoms. The van der Waals surface area contributed by atoms with Crippen molar-refractivity contribution >= 4 is 45.2 Å². The molecule has 0 atom stereocenters. The summed E-state index contributed by atoms with van der Waals surface area (Å²) in [5.41, 5.74) is 6.71. The van der Waals surface area contributed by atoms with Crippen molar-refractivity contribution in [2.75, 3.05) is 12.4 Å². The molecule has 0 aliphatic heterocycles. The molecule has 0 amide bonds. The number of phenolic OH excluding ortho intramolecular Hbond substituents is 1. The highest BCUT2D eigenvalue weighted by Crippen LogP contribution is 2.34. The zero-order chi connectivity index (χ0) is 17.7. The minimum Gasteiger partial charge on any atom is -0.503 e. The summed E-state index contributed by atoms with van der Waals surface area (Å²) in [4.78, 5) is 0. The van der Waals surface area contributed by atoms with Crippen molar-refractivity contribution in [3.63, 3.8) is 0 Å². The Labute approximate surface area is 154 Å². The smallest absolute Gasteiger partial charge is 0.191 e. The summed E-state index contributed by atoms with van der Waals surface area (Å²) >= 11 is 8.51. The fourth-order valence-electron chi connectivity index (χ4n) is 2.01. The van der Waals surface area contributed by atoms with E-state index in [2.05, 4.69) is 31.8 Å².